The number of alkyl halides is 1. The van der Waals surface area contributed by atoms with Crippen LogP contribution in [0.1, 0.15) is 187 Å². The zero-order chi connectivity index (χ0) is 97.2. The minimum Gasteiger partial charge on any atom is -0.493 e. The molecular weight excluding hydrogens is 1740 g/mol. The monoisotopic (exact) mass is 1860 g/mol. The highest BCUT2D eigenvalue weighted by atomic mass is 19.1. The van der Waals surface area contributed by atoms with Crippen LogP contribution in [-0.4, -0.2) is 268 Å². The van der Waals surface area contributed by atoms with E-state index >= 15 is 0 Å². The van der Waals surface area contributed by atoms with Crippen LogP contribution in [-0.2, 0) is 78.1 Å². The van der Waals surface area contributed by atoms with Gasteiger partial charge in [-0.25, -0.2) is 28.8 Å². The van der Waals surface area contributed by atoms with Crippen LogP contribution < -0.4 is 80.5 Å². The molecule has 6 aromatic rings. The van der Waals surface area contributed by atoms with Gasteiger partial charge in [-0.2, -0.15) is 0 Å². The summed E-state index contributed by atoms with van der Waals surface area (Å²) in [6, 6.07) is 9.58. The Bertz CT molecular complexity index is 4790. The second kappa shape index (κ2) is 53.0. The van der Waals surface area contributed by atoms with Crippen molar-refractivity contribution in [3.05, 3.63) is 120 Å². The van der Waals surface area contributed by atoms with E-state index in [9.17, 15) is 63.8 Å². The first-order valence-corrected chi connectivity index (χ1v) is 42.8. The van der Waals surface area contributed by atoms with Crippen LogP contribution >= 0.6 is 0 Å². The van der Waals surface area contributed by atoms with Gasteiger partial charge in [0.25, 0.3) is 0 Å². The molecule has 6 aliphatic heterocycles. The number of rotatable bonds is 38. The Balaban J connectivity index is 0.000000217. The van der Waals surface area contributed by atoms with Crippen molar-refractivity contribution in [2.45, 2.75) is 169 Å². The maximum atomic E-state index is 12.1. The fourth-order valence-corrected chi connectivity index (χ4v) is 14.5. The third kappa shape index (κ3) is 28.1. The third-order valence-electron chi connectivity index (χ3n) is 20.8. The minimum absolute atomic E-state index is 0.114. The highest BCUT2D eigenvalue weighted by molar-refractivity contribution is 5.98. The average Bonchev–Trinajstić information content (AvgIpc) is 0.797. The van der Waals surface area contributed by atoms with Crippen LogP contribution in [0.25, 0.3) is 0 Å². The summed E-state index contributed by atoms with van der Waals surface area (Å²) in [6.45, 7) is 13.2. The van der Waals surface area contributed by atoms with E-state index in [2.05, 4.69) is 25.7 Å². The molecule has 6 atom stereocenters. The Morgan fingerprint density at radius 1 is 0.364 bits per heavy atom. The molecule has 0 fully saturated rings. The normalized spacial score (nSPS) is 16.8. The first-order valence-electron chi connectivity index (χ1n) is 42.8. The second-order valence-electron chi connectivity index (χ2n) is 30.9. The van der Waals surface area contributed by atoms with E-state index in [1.54, 1.807) is 45.6 Å². The van der Waals surface area contributed by atoms with Crippen LogP contribution in [0.15, 0.2) is 48.0 Å². The van der Waals surface area contributed by atoms with Crippen molar-refractivity contribution in [2.24, 2.45) is 5.92 Å². The van der Waals surface area contributed by atoms with E-state index in [0.29, 0.717) is 217 Å². The molecule has 0 bridgehead atoms. The lowest BCUT2D eigenvalue weighted by Crippen LogP contribution is -2.28. The van der Waals surface area contributed by atoms with E-state index < -0.39 is 80.2 Å². The molecule has 730 valence electrons. The molecule has 0 amide bonds. The van der Waals surface area contributed by atoms with Gasteiger partial charge >= 0.3 is 35.8 Å². The number of hydrogen-bond donors (Lipinski definition) is 6. The van der Waals surface area contributed by atoms with E-state index in [1.165, 1.54) is 83.2 Å². The van der Waals surface area contributed by atoms with Crippen molar-refractivity contribution in [1.29, 1.82) is 0 Å². The number of fused-ring (bicyclic) bond motifs is 6. The summed E-state index contributed by atoms with van der Waals surface area (Å²) in [7, 11) is 23.6. The summed E-state index contributed by atoms with van der Waals surface area (Å²) in [4.78, 5) is 73.8. The van der Waals surface area contributed by atoms with E-state index in [4.69, 9.17) is 114 Å². The third-order valence-corrected chi connectivity index (χ3v) is 20.8. The van der Waals surface area contributed by atoms with Crippen molar-refractivity contribution in [1.82, 2.24) is 4.90 Å². The van der Waals surface area contributed by atoms with Crippen molar-refractivity contribution in [2.75, 3.05) is 159 Å². The highest BCUT2D eigenvalue weighted by Crippen LogP contribution is 2.50. The molecule has 37 nitrogen and oxygen atoms in total. The van der Waals surface area contributed by atoms with Gasteiger partial charge in [-0.15, -0.1) is 0 Å². The summed E-state index contributed by atoms with van der Waals surface area (Å²) in [5.41, 5.74) is 7.46. The number of ether oxygens (including phenoxy) is 24. The standard InChI is InChI=1S/C17H25NO6.C16H22O6.C16H20O6.C16H22O5.C15H19FO6.C14H18O7/c1-18(2)7-5-6-8-23-13-9-12-11(10-14(19)24-17(12)20)15(21-3)16(13)22-4;2*1-9(2)5-6-21-12-7-11-10(8-13(17)22-16(11)18)14(19-3)15(12)20-4;1-4-5-6-7-10-8-12-11(9-13(17)21-16(12)18)15(20-3)14(10)19-2;1-19-13-9-8-12(17)22-15(18)10(9)7-11(14(13)20-2)21-6-4-3-5-16;1-17-4-5-20-10-6-9-8(7-11(15)21-14(9)16)12(18-2)13(10)19-3/h9,14,19H,5-8,10H2,1-4H3;7,9,13,17H,5-6,8H2,1-4H3;5,7,13,17H,6,8H2,1-4H3;8,13,17H,4-7,9H2,1-3H3;7,12,17H,3-6,8H2,1-2H3;6,11,15H,4-5,7H2,1-3H3. The molecule has 6 aromatic carbocycles. The Morgan fingerprint density at radius 3 is 0.902 bits per heavy atom. The maximum absolute atomic E-state index is 12.1. The zero-order valence-electron chi connectivity index (χ0n) is 78.6. The molecule has 6 unspecified atom stereocenters. The zero-order valence-corrected chi connectivity index (χ0v) is 78.6. The number of halogens is 1. The largest absolute Gasteiger partial charge is 0.493 e. The summed E-state index contributed by atoms with van der Waals surface area (Å²) in [5, 5.41) is 57.6. The maximum Gasteiger partial charge on any atom is 0.341 e. The van der Waals surface area contributed by atoms with E-state index in [-0.39, 0.29) is 44.1 Å². The van der Waals surface area contributed by atoms with Crippen molar-refractivity contribution >= 4 is 35.8 Å². The van der Waals surface area contributed by atoms with Gasteiger partial charge in [-0.05, 0) is 133 Å². The molecule has 0 aromatic heterocycles. The lowest BCUT2D eigenvalue weighted by Gasteiger charge is -2.25. The molecule has 6 aliphatic rings. The van der Waals surface area contributed by atoms with E-state index in [1.807, 2.05) is 34.0 Å². The number of carbonyl (C=O) groups is 6. The second-order valence-corrected chi connectivity index (χ2v) is 30.9. The number of aliphatic hydroxyl groups is 6. The number of hydrogen-bond acceptors (Lipinski definition) is 37. The van der Waals surface area contributed by atoms with Crippen molar-refractivity contribution in [3.8, 4) is 97.7 Å². The van der Waals surface area contributed by atoms with Gasteiger partial charge in [0.05, 0.1) is 152 Å². The van der Waals surface area contributed by atoms with Gasteiger partial charge in [-0.1, -0.05) is 39.2 Å². The Labute approximate surface area is 767 Å². The first kappa shape index (κ1) is 107. The van der Waals surface area contributed by atoms with Gasteiger partial charge in [0.15, 0.2) is 69.0 Å². The number of carbonyl (C=O) groups excluding carboxylic acids is 6. The summed E-state index contributed by atoms with van der Waals surface area (Å²) in [6.07, 6.45) is 3.56. The number of aryl methyl sites for hydroxylation is 1. The molecule has 0 aliphatic carbocycles. The van der Waals surface area contributed by atoms with Crippen LogP contribution in [0.5, 0.6) is 97.7 Å². The average molecular weight is 1870 g/mol. The Kier molecular flexibility index (Phi) is 43.0. The predicted octanol–water partition coefficient (Wildman–Crippen LogP) is 10.8. The first-order chi connectivity index (χ1) is 63.3. The molecule has 0 radical (unpaired) electrons. The molecule has 12 rings (SSSR count). The molecule has 0 saturated heterocycles. The topological polar surface area (TPSA) is 449 Å². The summed E-state index contributed by atoms with van der Waals surface area (Å²) >= 11 is 0. The fourth-order valence-electron chi connectivity index (χ4n) is 14.5. The number of unbranched alkanes of at least 4 members (excludes halogenated alkanes) is 4. The number of esters is 6. The molecule has 132 heavy (non-hydrogen) atoms. The van der Waals surface area contributed by atoms with Gasteiger partial charge in [-0.3, -0.25) is 4.39 Å². The Morgan fingerprint density at radius 2 is 0.636 bits per heavy atom. The number of benzene rings is 6. The lowest BCUT2D eigenvalue weighted by molar-refractivity contribution is -0.0701. The number of methoxy groups -OCH3 is 13. The van der Waals surface area contributed by atoms with Crippen molar-refractivity contribution in [3.63, 3.8) is 0 Å². The summed E-state index contributed by atoms with van der Waals surface area (Å²) in [5.74, 6) is 3.85. The van der Waals surface area contributed by atoms with Gasteiger partial charge in [0.2, 0.25) is 66.5 Å². The highest BCUT2D eigenvalue weighted by Gasteiger charge is 2.39. The number of aliphatic hydroxyl groups excluding tert-OH is 6. The van der Waals surface area contributed by atoms with Crippen molar-refractivity contribution < 1.29 is 177 Å². The van der Waals surface area contributed by atoms with E-state index in [0.717, 1.165) is 62.6 Å². The predicted molar refractivity (Wildman–Crippen MR) is 472 cm³/mol. The number of nitrogens with zero attached hydrogens (tertiary/aromatic N) is 1. The van der Waals surface area contributed by atoms with Gasteiger partial charge < -0.3 is 149 Å². The van der Waals surface area contributed by atoms with Crippen LogP contribution in [0.4, 0.5) is 4.39 Å². The number of cyclic esters (lactones) is 6. The van der Waals surface area contributed by atoms with Gasteiger partial charge in [0.1, 0.15) is 13.2 Å². The van der Waals surface area contributed by atoms with Crippen LogP contribution in [0, 0.1) is 5.92 Å². The molecule has 6 heterocycles. The van der Waals surface area contributed by atoms with Gasteiger partial charge in [0, 0.05) is 79.0 Å². The molecule has 6 N–H and O–H groups in total. The minimum atomic E-state index is -1.21. The summed E-state index contributed by atoms with van der Waals surface area (Å²) < 4.78 is 139. The molecule has 38 heteroatoms. The molecule has 0 spiro atoms. The SMILES string of the molecule is CCCCCc1cc2c(c(OC)c1OC)CC(O)OC2=O.COCCOc1cc2c(c(OC)c1OC)CC(O)OC2=O.COc1c(OCC=C(C)C)cc2c(c1OC)CC(O)OC2=O.COc1c(OCCC(C)C)cc2c(c1OC)CC(O)OC2=O.COc1c(OCCCCF)cc2c(c1OC)CC(O)OC2=O.COc1c(OCCCCN(C)C)cc2c(c1OC)CC(O)OC2=O. The smallest absolute Gasteiger partial charge is 0.341 e. The Hall–Kier alpha value is -11.9. The van der Waals surface area contributed by atoms with Crippen LogP contribution in [0.3, 0.4) is 0 Å². The van der Waals surface area contributed by atoms with Crippen LogP contribution in [0.2, 0.25) is 0 Å². The number of allylic oxidation sites excluding steroid dienone is 1. The quantitative estimate of drug-likeness (QED) is 0.00907. The molecular formula is C94H126FNO36. The molecule has 0 saturated carbocycles. The lowest BCUT2D eigenvalue weighted by atomic mass is 9.94. The fraction of sp³-hybridized carbons (Fsp3) is 0.532.